The Kier molecular flexibility index (Phi) is 7.71. The summed E-state index contributed by atoms with van der Waals surface area (Å²) < 4.78 is 33.3. The molecular weight excluding hydrogens is 453 g/mol. The Labute approximate surface area is 189 Å². The highest BCUT2D eigenvalue weighted by atomic mass is 31.1. The molecule has 12 heteroatoms. The first-order chi connectivity index (χ1) is 15.0. The zero-order valence-electron chi connectivity index (χ0n) is 19.3. The normalized spacial score (nSPS) is 24.9. The highest BCUT2D eigenvalue weighted by Crippen LogP contribution is 2.47. The van der Waals surface area contributed by atoms with Crippen LogP contribution in [0.3, 0.4) is 0 Å². The highest BCUT2D eigenvalue weighted by Gasteiger charge is 2.56. The van der Waals surface area contributed by atoms with E-state index in [1.54, 1.807) is 10.9 Å². The predicted octanol–water partition coefficient (Wildman–Crippen LogP) is 2.98. The SMILES string of the molecule is CC(C)[Si](O[C@H]1[C@@H](O[P+](=O)O)[C@H](n2ccc(=O)c3nccn32)O[C@@H]1CO)(C(C)C)C(C)C. The second-order valence-electron chi connectivity index (χ2n) is 9.11. The molecule has 0 amide bonds. The Morgan fingerprint density at radius 2 is 1.78 bits per heavy atom. The molecule has 3 rings (SSSR count). The summed E-state index contributed by atoms with van der Waals surface area (Å²) in [6, 6.07) is 1.35. The lowest BCUT2D eigenvalue weighted by Crippen LogP contribution is -2.54. The topological polar surface area (TPSA) is 125 Å². The fraction of sp³-hybridized carbons (Fsp3) is 0.700. The van der Waals surface area contributed by atoms with E-state index in [0.717, 1.165) is 0 Å². The Morgan fingerprint density at radius 3 is 2.31 bits per heavy atom. The molecule has 1 unspecified atom stereocenters. The lowest BCUT2D eigenvalue weighted by Gasteiger charge is -2.45. The van der Waals surface area contributed by atoms with E-state index in [-0.39, 0.29) is 34.3 Å². The fourth-order valence-corrected chi connectivity index (χ4v) is 11.2. The van der Waals surface area contributed by atoms with Crippen LogP contribution in [0.4, 0.5) is 0 Å². The van der Waals surface area contributed by atoms with E-state index in [1.165, 1.54) is 23.0 Å². The molecule has 0 spiro atoms. The number of imidazole rings is 1. The minimum absolute atomic E-state index is 0.184. The maximum atomic E-state index is 12.1. The summed E-state index contributed by atoms with van der Waals surface area (Å²) in [5.74, 6) is 0. The van der Waals surface area contributed by atoms with Crippen molar-refractivity contribution in [2.45, 2.75) is 82.7 Å². The minimum Gasteiger partial charge on any atom is -0.407 e. The molecular formula is C20H33N3O7PSi+. The average molecular weight is 487 g/mol. The van der Waals surface area contributed by atoms with Crippen LogP contribution in [0, 0.1) is 0 Å². The van der Waals surface area contributed by atoms with Crippen LogP contribution in [0.5, 0.6) is 0 Å². The van der Waals surface area contributed by atoms with Crippen LogP contribution < -0.4 is 5.43 Å². The van der Waals surface area contributed by atoms with Crippen molar-refractivity contribution >= 4 is 22.2 Å². The summed E-state index contributed by atoms with van der Waals surface area (Å²) in [6.07, 6.45) is 1.13. The van der Waals surface area contributed by atoms with E-state index < -0.39 is 41.1 Å². The van der Waals surface area contributed by atoms with Gasteiger partial charge in [-0.2, -0.15) is 0 Å². The van der Waals surface area contributed by atoms with Crippen LogP contribution in [0.15, 0.2) is 29.5 Å². The largest absolute Gasteiger partial charge is 0.695 e. The van der Waals surface area contributed by atoms with E-state index in [1.807, 2.05) is 0 Å². The van der Waals surface area contributed by atoms with Gasteiger partial charge in [0, 0.05) is 29.2 Å². The molecule has 1 saturated heterocycles. The first kappa shape index (κ1) is 25.2. The maximum Gasteiger partial charge on any atom is 0.695 e. The molecule has 3 heterocycles. The summed E-state index contributed by atoms with van der Waals surface area (Å²) in [6.45, 7) is 12.4. The van der Waals surface area contributed by atoms with E-state index in [2.05, 4.69) is 46.5 Å². The van der Waals surface area contributed by atoms with Crippen molar-refractivity contribution in [3.05, 3.63) is 34.9 Å². The number of hydrogen-bond acceptors (Lipinski definition) is 7. The van der Waals surface area contributed by atoms with Gasteiger partial charge < -0.3 is 14.3 Å². The second-order valence-corrected chi connectivity index (χ2v) is 15.2. The Hall–Kier alpha value is -1.46. The van der Waals surface area contributed by atoms with Gasteiger partial charge >= 0.3 is 8.25 Å². The minimum atomic E-state index is -2.98. The fourth-order valence-electron chi connectivity index (χ4n) is 5.23. The van der Waals surface area contributed by atoms with Gasteiger partial charge in [-0.25, -0.2) is 9.50 Å². The van der Waals surface area contributed by atoms with Crippen LogP contribution in [0.25, 0.3) is 5.65 Å². The van der Waals surface area contributed by atoms with Gasteiger partial charge in [0.05, 0.1) is 6.61 Å². The molecule has 1 aliphatic rings. The number of aliphatic hydroxyl groups is 1. The van der Waals surface area contributed by atoms with Crippen molar-refractivity contribution in [1.82, 2.24) is 14.2 Å². The summed E-state index contributed by atoms with van der Waals surface area (Å²) in [4.78, 5) is 25.9. The van der Waals surface area contributed by atoms with Gasteiger partial charge in [-0.3, -0.25) is 9.48 Å². The van der Waals surface area contributed by atoms with Gasteiger partial charge in [-0.15, -0.1) is 9.42 Å². The van der Waals surface area contributed by atoms with Gasteiger partial charge in [0.2, 0.25) is 13.7 Å². The van der Waals surface area contributed by atoms with Crippen molar-refractivity contribution < 1.29 is 28.3 Å². The Morgan fingerprint density at radius 1 is 1.16 bits per heavy atom. The third-order valence-electron chi connectivity index (χ3n) is 6.45. The van der Waals surface area contributed by atoms with E-state index in [0.29, 0.717) is 0 Å². The third-order valence-corrected chi connectivity index (χ3v) is 13.0. The van der Waals surface area contributed by atoms with Crippen molar-refractivity contribution in [3.63, 3.8) is 0 Å². The molecule has 1 aliphatic heterocycles. The number of aliphatic hydroxyl groups excluding tert-OH is 1. The number of nitrogens with zero attached hydrogens (tertiary/aromatic N) is 3. The molecule has 2 aromatic rings. The standard InChI is InChI=1S/C20H32N3O7PSi/c1-12(2)32(13(3)4,14(5)6)30-17-16(11-24)28-20(18(17)29-31(26)27)23-9-7-15(25)19-21-8-10-22(19)23/h7-10,12-14,16-18,20,24H,11H2,1-6H3/p+1/t16-,17-,18-,20-/m1/s1. The number of ether oxygens (including phenoxy) is 1. The second kappa shape index (κ2) is 9.80. The molecule has 32 heavy (non-hydrogen) atoms. The zero-order chi connectivity index (χ0) is 23.8. The molecule has 0 bridgehead atoms. The third kappa shape index (κ3) is 4.35. The quantitative estimate of drug-likeness (QED) is 0.409. The van der Waals surface area contributed by atoms with Crippen molar-refractivity contribution in [1.29, 1.82) is 0 Å². The molecule has 0 saturated carbocycles. The van der Waals surface area contributed by atoms with Crippen LogP contribution in [-0.2, 0) is 18.3 Å². The number of rotatable bonds is 9. The van der Waals surface area contributed by atoms with Crippen LogP contribution >= 0.6 is 8.25 Å². The summed E-state index contributed by atoms with van der Waals surface area (Å²) in [5, 5.41) is 10.1. The molecule has 0 radical (unpaired) electrons. The molecule has 1 fully saturated rings. The molecule has 178 valence electrons. The first-order valence-corrected chi connectivity index (χ1v) is 14.1. The van der Waals surface area contributed by atoms with Gasteiger partial charge in [0.15, 0.2) is 18.0 Å². The summed E-state index contributed by atoms with van der Waals surface area (Å²) in [7, 11) is -5.43. The Balaban J connectivity index is 2.10. The lowest BCUT2D eigenvalue weighted by molar-refractivity contribution is -0.0577. The smallest absolute Gasteiger partial charge is 0.407 e. The van der Waals surface area contributed by atoms with E-state index >= 15 is 0 Å². The van der Waals surface area contributed by atoms with Gasteiger partial charge in [0.25, 0.3) is 0 Å². The van der Waals surface area contributed by atoms with Crippen molar-refractivity contribution in [3.8, 4) is 0 Å². The zero-order valence-corrected chi connectivity index (χ0v) is 21.2. The predicted molar refractivity (Wildman–Crippen MR) is 121 cm³/mol. The van der Waals surface area contributed by atoms with Gasteiger partial charge in [-0.05, 0) is 16.6 Å². The molecule has 0 aliphatic carbocycles. The molecule has 0 aromatic carbocycles. The summed E-state index contributed by atoms with van der Waals surface area (Å²) >= 11 is 0. The van der Waals surface area contributed by atoms with E-state index in [4.69, 9.17) is 13.7 Å². The number of aromatic nitrogens is 3. The number of fused-ring (bicyclic) bond motifs is 1. The van der Waals surface area contributed by atoms with Gasteiger partial charge in [-0.1, -0.05) is 41.5 Å². The van der Waals surface area contributed by atoms with Crippen molar-refractivity contribution in [2.24, 2.45) is 0 Å². The molecule has 2 N–H and O–H groups in total. The van der Waals surface area contributed by atoms with Crippen molar-refractivity contribution in [2.75, 3.05) is 6.61 Å². The first-order valence-electron chi connectivity index (χ1n) is 10.9. The highest BCUT2D eigenvalue weighted by molar-refractivity contribution is 7.32. The summed E-state index contributed by atoms with van der Waals surface area (Å²) in [5.41, 5.74) is 0.655. The molecule has 5 atom stereocenters. The average Bonchev–Trinajstić information content (AvgIpc) is 3.31. The van der Waals surface area contributed by atoms with Gasteiger partial charge in [0.1, 0.15) is 12.2 Å². The van der Waals surface area contributed by atoms with Crippen LogP contribution in [-0.4, -0.2) is 57.4 Å². The lowest BCUT2D eigenvalue weighted by atomic mass is 10.1. The monoisotopic (exact) mass is 486 g/mol. The van der Waals surface area contributed by atoms with Crippen LogP contribution in [0.1, 0.15) is 47.8 Å². The Bertz CT molecular complexity index is 987. The molecule has 2 aromatic heterocycles. The number of hydrogen-bond donors (Lipinski definition) is 2. The van der Waals surface area contributed by atoms with E-state index in [9.17, 15) is 19.4 Å². The van der Waals surface area contributed by atoms with Crippen LogP contribution in [0.2, 0.25) is 16.6 Å². The maximum absolute atomic E-state index is 12.1. The molecule has 10 nitrogen and oxygen atoms in total.